The van der Waals surface area contributed by atoms with Crippen LogP contribution >= 0.6 is 23.2 Å². The number of halogens is 2. The Morgan fingerprint density at radius 2 is 1.88 bits per heavy atom. The van der Waals surface area contributed by atoms with E-state index >= 15 is 0 Å². The van der Waals surface area contributed by atoms with Crippen LogP contribution in [0.4, 0.5) is 0 Å². The average molecular weight is 385 g/mol. The van der Waals surface area contributed by atoms with Crippen LogP contribution in [-0.2, 0) is 14.3 Å². The van der Waals surface area contributed by atoms with E-state index in [2.05, 4.69) is 9.97 Å². The van der Waals surface area contributed by atoms with Crippen LogP contribution in [0.1, 0.15) is 24.4 Å². The Kier molecular flexibility index (Phi) is 4.57. The van der Waals surface area contributed by atoms with Crippen molar-refractivity contribution in [1.82, 2.24) is 9.97 Å². The van der Waals surface area contributed by atoms with Crippen molar-refractivity contribution < 1.29 is 12.6 Å². The lowest BCUT2D eigenvalue weighted by atomic mass is 10.2. The van der Waals surface area contributed by atoms with E-state index in [0.29, 0.717) is 16.4 Å². The Morgan fingerprint density at radius 3 is 2.58 bits per heavy atom. The zero-order valence-corrected chi connectivity index (χ0v) is 15.2. The van der Waals surface area contributed by atoms with Crippen LogP contribution in [0.15, 0.2) is 41.3 Å². The Labute approximate surface area is 149 Å². The lowest BCUT2D eigenvalue weighted by molar-refractivity contribution is 0.225. The lowest BCUT2D eigenvalue weighted by Crippen LogP contribution is -2.12. The van der Waals surface area contributed by atoms with Crippen LogP contribution in [-0.4, -0.2) is 18.4 Å². The van der Waals surface area contributed by atoms with Gasteiger partial charge in [0, 0.05) is 5.02 Å². The summed E-state index contributed by atoms with van der Waals surface area (Å²) in [5.74, 6) is 0.418. The predicted octanol–water partition coefficient (Wildman–Crippen LogP) is 4.64. The van der Waals surface area contributed by atoms with Gasteiger partial charge in [-0.1, -0.05) is 35.3 Å². The fraction of sp³-hybridized carbons (Fsp3) is 0.188. The normalized spacial score (nSPS) is 13.3. The smallest absolute Gasteiger partial charge is 0.299 e. The molecule has 1 atom stereocenters. The van der Waals surface area contributed by atoms with E-state index in [1.54, 1.807) is 13.8 Å². The molecule has 0 fully saturated rings. The highest BCUT2D eigenvalue weighted by molar-refractivity contribution is 7.86. The number of aryl methyl sites for hydroxylation is 1. The first-order valence-electron chi connectivity index (χ1n) is 7.11. The maximum atomic E-state index is 12.5. The summed E-state index contributed by atoms with van der Waals surface area (Å²) in [6, 6.07) is 10.2. The number of nitrogens with one attached hydrogen (secondary N) is 1. The lowest BCUT2D eigenvalue weighted by Gasteiger charge is -2.13. The van der Waals surface area contributed by atoms with Crippen molar-refractivity contribution in [2.75, 3.05) is 0 Å². The minimum Gasteiger partial charge on any atom is -0.340 e. The summed E-state index contributed by atoms with van der Waals surface area (Å²) >= 11 is 12.0. The zero-order chi connectivity index (χ0) is 17.5. The molecule has 0 spiro atoms. The van der Waals surface area contributed by atoms with Gasteiger partial charge in [0.15, 0.2) is 0 Å². The van der Waals surface area contributed by atoms with Crippen molar-refractivity contribution in [3.63, 3.8) is 0 Å². The molecule has 0 radical (unpaired) electrons. The molecular formula is C16H14Cl2N2O3S. The third kappa shape index (κ3) is 3.28. The number of hydrogen-bond donors (Lipinski definition) is 1. The topological polar surface area (TPSA) is 72.1 Å². The Bertz CT molecular complexity index is 982. The molecule has 0 unspecified atom stereocenters. The summed E-state index contributed by atoms with van der Waals surface area (Å²) in [6.07, 6.45) is -0.797. The number of aromatic amines is 1. The molecular weight excluding hydrogens is 371 g/mol. The summed E-state index contributed by atoms with van der Waals surface area (Å²) < 4.78 is 30.3. The third-order valence-electron chi connectivity index (χ3n) is 3.55. The Hall–Kier alpha value is -1.60. The molecule has 0 aliphatic heterocycles. The standard InChI is InChI=1S/C16H14Cl2N2O3S/c1-9-7-15(12(18)8-11(9)17)24(21,22)23-10(2)16-19-13-5-3-4-6-14(13)20-16/h3-8,10H,1-2H3,(H,19,20)/t10-/m0/s1. The quantitative estimate of drug-likeness (QED) is 0.664. The van der Waals surface area contributed by atoms with E-state index in [4.69, 9.17) is 27.4 Å². The van der Waals surface area contributed by atoms with Crippen molar-refractivity contribution >= 4 is 44.4 Å². The molecule has 1 heterocycles. The summed E-state index contributed by atoms with van der Waals surface area (Å²) in [5.41, 5.74) is 2.14. The Morgan fingerprint density at radius 1 is 1.17 bits per heavy atom. The minimum absolute atomic E-state index is 0.0161. The summed E-state index contributed by atoms with van der Waals surface area (Å²) in [5, 5.41) is 0.409. The van der Waals surface area contributed by atoms with Crippen LogP contribution < -0.4 is 0 Å². The number of benzene rings is 2. The van der Waals surface area contributed by atoms with Crippen molar-refractivity contribution in [3.05, 3.63) is 57.8 Å². The summed E-state index contributed by atoms with van der Waals surface area (Å²) in [7, 11) is -4.07. The average Bonchev–Trinajstić information content (AvgIpc) is 2.94. The monoisotopic (exact) mass is 384 g/mol. The second-order valence-corrected chi connectivity index (χ2v) is 7.72. The van der Waals surface area contributed by atoms with Crippen molar-refractivity contribution in [2.24, 2.45) is 0 Å². The molecule has 8 heteroatoms. The molecule has 0 amide bonds. The van der Waals surface area contributed by atoms with E-state index in [1.807, 2.05) is 24.3 Å². The number of rotatable bonds is 4. The van der Waals surface area contributed by atoms with E-state index in [-0.39, 0.29) is 9.92 Å². The molecule has 0 saturated heterocycles. The maximum absolute atomic E-state index is 12.5. The van der Waals surface area contributed by atoms with Gasteiger partial charge in [-0.05, 0) is 43.7 Å². The second-order valence-electron chi connectivity index (χ2n) is 5.36. The second kappa shape index (κ2) is 6.37. The van der Waals surface area contributed by atoms with Gasteiger partial charge in [0.2, 0.25) is 0 Å². The molecule has 0 aliphatic rings. The minimum atomic E-state index is -4.07. The van der Waals surface area contributed by atoms with Crippen molar-refractivity contribution in [3.8, 4) is 0 Å². The molecule has 0 saturated carbocycles. The largest absolute Gasteiger partial charge is 0.340 e. The molecule has 5 nitrogen and oxygen atoms in total. The van der Waals surface area contributed by atoms with Gasteiger partial charge in [-0.25, -0.2) is 4.98 Å². The van der Waals surface area contributed by atoms with Crippen LogP contribution in [0.2, 0.25) is 10.0 Å². The van der Waals surface area contributed by atoms with E-state index in [9.17, 15) is 8.42 Å². The summed E-state index contributed by atoms with van der Waals surface area (Å²) in [4.78, 5) is 7.28. The van der Waals surface area contributed by atoms with Gasteiger partial charge in [-0.15, -0.1) is 0 Å². The van der Waals surface area contributed by atoms with E-state index in [0.717, 1.165) is 11.0 Å². The predicted molar refractivity (Wildman–Crippen MR) is 94.0 cm³/mol. The van der Waals surface area contributed by atoms with Gasteiger partial charge in [0.1, 0.15) is 16.8 Å². The number of para-hydroxylation sites is 2. The Balaban J connectivity index is 1.92. The number of hydrogen-bond acceptors (Lipinski definition) is 4. The van der Waals surface area contributed by atoms with Crippen molar-refractivity contribution in [1.29, 1.82) is 0 Å². The van der Waals surface area contributed by atoms with E-state index in [1.165, 1.54) is 12.1 Å². The van der Waals surface area contributed by atoms with Crippen LogP contribution in [0.5, 0.6) is 0 Å². The molecule has 1 N–H and O–H groups in total. The van der Waals surface area contributed by atoms with Gasteiger partial charge in [-0.3, -0.25) is 4.18 Å². The fourth-order valence-corrected chi connectivity index (χ4v) is 4.14. The first kappa shape index (κ1) is 17.2. The van der Waals surface area contributed by atoms with Crippen LogP contribution in [0.3, 0.4) is 0 Å². The summed E-state index contributed by atoms with van der Waals surface area (Å²) in [6.45, 7) is 3.30. The number of aromatic nitrogens is 2. The van der Waals surface area contributed by atoms with Gasteiger partial charge >= 0.3 is 0 Å². The molecule has 1 aromatic heterocycles. The van der Waals surface area contributed by atoms with Gasteiger partial charge in [-0.2, -0.15) is 8.42 Å². The molecule has 0 bridgehead atoms. The maximum Gasteiger partial charge on any atom is 0.299 e. The van der Waals surface area contributed by atoms with Crippen LogP contribution in [0.25, 0.3) is 11.0 Å². The first-order valence-corrected chi connectivity index (χ1v) is 9.28. The molecule has 2 aromatic carbocycles. The zero-order valence-electron chi connectivity index (χ0n) is 12.9. The molecule has 24 heavy (non-hydrogen) atoms. The third-order valence-corrected chi connectivity index (χ3v) is 5.80. The number of fused-ring (bicyclic) bond motifs is 1. The highest BCUT2D eigenvalue weighted by Gasteiger charge is 2.25. The molecule has 3 aromatic rings. The highest BCUT2D eigenvalue weighted by Crippen LogP contribution is 2.31. The van der Waals surface area contributed by atoms with Crippen molar-refractivity contribution in [2.45, 2.75) is 24.8 Å². The highest BCUT2D eigenvalue weighted by atomic mass is 35.5. The van der Waals surface area contributed by atoms with Gasteiger partial charge in [0.25, 0.3) is 10.1 Å². The number of nitrogens with zero attached hydrogens (tertiary/aromatic N) is 1. The molecule has 126 valence electrons. The fourth-order valence-electron chi connectivity index (χ4n) is 2.27. The van der Waals surface area contributed by atoms with E-state index < -0.39 is 16.2 Å². The first-order chi connectivity index (χ1) is 11.3. The van der Waals surface area contributed by atoms with Gasteiger partial charge < -0.3 is 4.98 Å². The SMILES string of the molecule is Cc1cc(S(=O)(=O)O[C@@H](C)c2nc3ccccc3[nH]2)c(Cl)cc1Cl. The number of H-pyrrole nitrogens is 1. The van der Waals surface area contributed by atoms with Crippen LogP contribution in [0, 0.1) is 6.92 Å². The molecule has 0 aliphatic carbocycles. The van der Waals surface area contributed by atoms with Gasteiger partial charge in [0.05, 0.1) is 16.1 Å². The number of imidazole rings is 1. The molecule has 3 rings (SSSR count).